The number of hydrogen-bond donors (Lipinski definition) is 1. The maximum Gasteiger partial charge on any atom is 0.178 e. The number of nitrogens with zero attached hydrogens (tertiary/aromatic N) is 2. The molecule has 90 valence electrons. The summed E-state index contributed by atoms with van der Waals surface area (Å²) in [6.45, 7) is 3.70. The van der Waals surface area contributed by atoms with Gasteiger partial charge in [0.15, 0.2) is 5.65 Å². The molecule has 0 amide bonds. The summed E-state index contributed by atoms with van der Waals surface area (Å²) in [4.78, 5) is 11.6. The summed E-state index contributed by atoms with van der Waals surface area (Å²) in [6, 6.07) is 7.23. The highest BCUT2D eigenvalue weighted by Crippen LogP contribution is 2.24. The maximum atomic E-state index is 14.0. The third-order valence-electron chi connectivity index (χ3n) is 2.92. The Balaban J connectivity index is 2.22. The molecule has 2 heterocycles. The van der Waals surface area contributed by atoms with Crippen LogP contribution in [0.25, 0.3) is 22.6 Å². The second-order valence-corrected chi connectivity index (χ2v) is 4.41. The highest BCUT2D eigenvalue weighted by molar-refractivity contribution is 5.76. The van der Waals surface area contributed by atoms with Crippen molar-refractivity contribution >= 4 is 11.2 Å². The lowest BCUT2D eigenvalue weighted by molar-refractivity contribution is 0.621. The van der Waals surface area contributed by atoms with Crippen molar-refractivity contribution < 1.29 is 4.39 Å². The summed E-state index contributed by atoms with van der Waals surface area (Å²) >= 11 is 0. The molecular weight excluding hydrogens is 229 g/mol. The van der Waals surface area contributed by atoms with Gasteiger partial charge in [-0.1, -0.05) is 12.1 Å². The molecule has 0 saturated carbocycles. The molecule has 1 aromatic carbocycles. The van der Waals surface area contributed by atoms with E-state index in [4.69, 9.17) is 0 Å². The van der Waals surface area contributed by atoms with Crippen LogP contribution in [-0.2, 0) is 0 Å². The second kappa shape index (κ2) is 3.91. The van der Waals surface area contributed by atoms with Crippen molar-refractivity contribution in [2.45, 2.75) is 13.8 Å². The number of rotatable bonds is 1. The van der Waals surface area contributed by atoms with E-state index in [1.54, 1.807) is 25.3 Å². The number of pyridine rings is 1. The van der Waals surface area contributed by atoms with Gasteiger partial charge in [0.25, 0.3) is 0 Å². The number of H-pyrrole nitrogens is 1. The van der Waals surface area contributed by atoms with Crippen LogP contribution in [0.5, 0.6) is 0 Å². The molecular formula is C14H12FN3. The first-order chi connectivity index (χ1) is 8.65. The van der Waals surface area contributed by atoms with E-state index in [0.717, 1.165) is 11.1 Å². The molecule has 3 rings (SSSR count). The molecule has 4 heteroatoms. The summed E-state index contributed by atoms with van der Waals surface area (Å²) in [6.07, 6.45) is 1.75. The van der Waals surface area contributed by atoms with Crippen molar-refractivity contribution in [3.8, 4) is 11.4 Å². The predicted octanol–water partition coefficient (Wildman–Crippen LogP) is 3.38. The fourth-order valence-electron chi connectivity index (χ4n) is 1.96. The molecule has 0 aliphatic rings. The Morgan fingerprint density at radius 2 is 2.06 bits per heavy atom. The average molecular weight is 241 g/mol. The van der Waals surface area contributed by atoms with Gasteiger partial charge in [-0.2, -0.15) is 0 Å². The quantitative estimate of drug-likeness (QED) is 0.709. The van der Waals surface area contributed by atoms with E-state index < -0.39 is 0 Å². The first-order valence-electron chi connectivity index (χ1n) is 5.73. The second-order valence-electron chi connectivity index (χ2n) is 4.41. The predicted molar refractivity (Wildman–Crippen MR) is 68.8 cm³/mol. The molecule has 3 aromatic rings. The van der Waals surface area contributed by atoms with Crippen molar-refractivity contribution in [1.29, 1.82) is 0 Å². The number of benzene rings is 1. The Morgan fingerprint density at radius 3 is 2.89 bits per heavy atom. The summed E-state index contributed by atoms with van der Waals surface area (Å²) in [5.74, 6) is 0.276. The summed E-state index contributed by atoms with van der Waals surface area (Å²) < 4.78 is 14.0. The lowest BCUT2D eigenvalue weighted by Crippen LogP contribution is -1.89. The number of aryl methyl sites for hydroxylation is 2. The minimum absolute atomic E-state index is 0.242. The van der Waals surface area contributed by atoms with Crippen molar-refractivity contribution in [2.24, 2.45) is 0 Å². The fourth-order valence-corrected chi connectivity index (χ4v) is 1.96. The van der Waals surface area contributed by atoms with Crippen molar-refractivity contribution in [3.63, 3.8) is 0 Å². The molecule has 0 radical (unpaired) electrons. The molecule has 0 bridgehead atoms. The van der Waals surface area contributed by atoms with Gasteiger partial charge in [0.1, 0.15) is 11.6 Å². The number of aromatic amines is 1. The molecule has 0 fully saturated rings. The molecule has 0 atom stereocenters. The first-order valence-corrected chi connectivity index (χ1v) is 5.73. The van der Waals surface area contributed by atoms with Gasteiger partial charge in [0.2, 0.25) is 0 Å². The van der Waals surface area contributed by atoms with Crippen LogP contribution in [0.1, 0.15) is 11.1 Å². The van der Waals surface area contributed by atoms with Crippen LogP contribution in [0.2, 0.25) is 0 Å². The SMILES string of the molecule is Cc1cnc2nc(-c3cccc(C)c3F)[nH]c2c1. The van der Waals surface area contributed by atoms with Crippen molar-refractivity contribution in [2.75, 3.05) is 0 Å². The minimum Gasteiger partial charge on any atom is -0.336 e. The molecule has 3 nitrogen and oxygen atoms in total. The Bertz CT molecular complexity index is 731. The van der Waals surface area contributed by atoms with Crippen LogP contribution in [0.3, 0.4) is 0 Å². The van der Waals surface area contributed by atoms with Gasteiger partial charge in [0, 0.05) is 6.20 Å². The van der Waals surface area contributed by atoms with Gasteiger partial charge < -0.3 is 4.98 Å². The number of aromatic nitrogens is 3. The Labute approximate surface area is 104 Å². The minimum atomic E-state index is -0.242. The number of imidazole rings is 1. The third-order valence-corrected chi connectivity index (χ3v) is 2.92. The van der Waals surface area contributed by atoms with Crippen LogP contribution in [0.4, 0.5) is 4.39 Å². The van der Waals surface area contributed by atoms with E-state index in [2.05, 4.69) is 15.0 Å². The molecule has 1 N–H and O–H groups in total. The zero-order valence-corrected chi connectivity index (χ0v) is 10.2. The van der Waals surface area contributed by atoms with E-state index in [9.17, 15) is 4.39 Å². The largest absolute Gasteiger partial charge is 0.336 e. The summed E-state index contributed by atoms with van der Waals surface area (Å²) in [7, 11) is 0. The highest BCUT2D eigenvalue weighted by atomic mass is 19.1. The summed E-state index contributed by atoms with van der Waals surface area (Å²) in [5.41, 5.74) is 3.56. The Hall–Kier alpha value is -2.23. The Kier molecular flexibility index (Phi) is 2.37. The molecule has 0 aliphatic carbocycles. The van der Waals surface area contributed by atoms with Crippen LogP contribution in [-0.4, -0.2) is 15.0 Å². The van der Waals surface area contributed by atoms with Gasteiger partial charge in [-0.05, 0) is 37.1 Å². The lowest BCUT2D eigenvalue weighted by Gasteiger charge is -2.01. The fraction of sp³-hybridized carbons (Fsp3) is 0.143. The smallest absolute Gasteiger partial charge is 0.178 e. The van der Waals surface area contributed by atoms with Gasteiger partial charge >= 0.3 is 0 Å². The lowest BCUT2D eigenvalue weighted by atomic mass is 10.1. The number of nitrogens with one attached hydrogen (secondary N) is 1. The molecule has 0 aliphatic heterocycles. The van der Waals surface area contributed by atoms with Crippen LogP contribution < -0.4 is 0 Å². The molecule has 2 aromatic heterocycles. The monoisotopic (exact) mass is 241 g/mol. The van der Waals surface area contributed by atoms with Crippen molar-refractivity contribution in [3.05, 3.63) is 47.4 Å². The first kappa shape index (κ1) is 10.9. The molecule has 0 saturated heterocycles. The molecule has 0 spiro atoms. The number of hydrogen-bond acceptors (Lipinski definition) is 2. The molecule has 0 unspecified atom stereocenters. The number of halogens is 1. The third kappa shape index (κ3) is 1.66. The van der Waals surface area contributed by atoms with E-state index in [1.807, 2.05) is 19.1 Å². The van der Waals surface area contributed by atoms with Gasteiger partial charge in [-0.3, -0.25) is 0 Å². The van der Waals surface area contributed by atoms with Crippen LogP contribution >= 0.6 is 0 Å². The zero-order chi connectivity index (χ0) is 12.7. The van der Waals surface area contributed by atoms with E-state index >= 15 is 0 Å². The maximum absolute atomic E-state index is 14.0. The average Bonchev–Trinajstić information content (AvgIpc) is 2.75. The topological polar surface area (TPSA) is 41.6 Å². The highest BCUT2D eigenvalue weighted by Gasteiger charge is 2.11. The number of fused-ring (bicyclic) bond motifs is 1. The van der Waals surface area contributed by atoms with Crippen molar-refractivity contribution in [1.82, 2.24) is 15.0 Å². The zero-order valence-electron chi connectivity index (χ0n) is 10.2. The Morgan fingerprint density at radius 1 is 1.22 bits per heavy atom. The normalized spacial score (nSPS) is 11.1. The molecule has 18 heavy (non-hydrogen) atoms. The standard InChI is InChI=1S/C14H12FN3/c1-8-6-11-14(16-7-8)18-13(17-11)10-5-3-4-9(2)12(10)15/h3-7H,1-2H3,(H,16,17,18). The van der Waals surface area contributed by atoms with Gasteiger partial charge in [-0.15, -0.1) is 0 Å². The van der Waals surface area contributed by atoms with Crippen LogP contribution in [0.15, 0.2) is 30.5 Å². The van der Waals surface area contributed by atoms with E-state index in [1.165, 1.54) is 0 Å². The van der Waals surface area contributed by atoms with E-state index in [-0.39, 0.29) is 5.82 Å². The van der Waals surface area contributed by atoms with Gasteiger partial charge in [-0.25, -0.2) is 14.4 Å². The van der Waals surface area contributed by atoms with Gasteiger partial charge in [0.05, 0.1) is 11.1 Å². The van der Waals surface area contributed by atoms with Crippen LogP contribution in [0, 0.1) is 19.7 Å². The summed E-state index contributed by atoms with van der Waals surface area (Å²) in [5, 5.41) is 0. The van der Waals surface area contributed by atoms with E-state index in [0.29, 0.717) is 22.6 Å².